The fourth-order valence-electron chi connectivity index (χ4n) is 6.24. The number of nitrogens with one attached hydrogen (secondary N) is 1. The number of benzene rings is 1. The number of anilines is 2. The molecule has 5 heterocycles. The highest BCUT2D eigenvalue weighted by molar-refractivity contribution is 6.04. The average Bonchev–Trinajstić information content (AvgIpc) is 3.67. The number of ether oxygens (including phenoxy) is 1. The Kier molecular flexibility index (Phi) is 5.91. The first-order valence-electron chi connectivity index (χ1n) is 13.9. The number of pyridine rings is 1. The number of fused-ring (bicyclic) bond motifs is 2. The van der Waals surface area contributed by atoms with Gasteiger partial charge in [0, 0.05) is 54.6 Å². The number of aromatic nitrogens is 4. The lowest BCUT2D eigenvalue weighted by atomic mass is 9.92. The van der Waals surface area contributed by atoms with E-state index in [1.807, 2.05) is 33.7 Å². The Morgan fingerprint density at radius 3 is 2.73 bits per heavy atom. The quantitative estimate of drug-likeness (QED) is 0.374. The van der Waals surface area contributed by atoms with Crippen LogP contribution in [0.4, 0.5) is 11.6 Å². The van der Waals surface area contributed by atoms with Crippen LogP contribution in [0.15, 0.2) is 48.9 Å². The molecule has 3 aliphatic rings. The standard InChI is InChI=1S/C30H31N7O3/c1-40-23-14-19(30(39)34-24-15-18(10-11-32-24)17-2-3-17)5-8-22(23)26-27-28(31)33-12-13-36(27)29(35-26)20-4-6-21-7-9-25(38)37(21)16-20/h5,8,10-15,17,20-21H,2-4,6-7,9,16H2,1H3,(H2,31,33)(H,32,34,39). The molecule has 3 aromatic heterocycles. The molecule has 2 saturated heterocycles. The first-order chi connectivity index (χ1) is 19.5. The van der Waals surface area contributed by atoms with Crippen LogP contribution < -0.4 is 15.8 Å². The van der Waals surface area contributed by atoms with Crippen molar-refractivity contribution >= 4 is 29.0 Å². The predicted molar refractivity (Wildman–Crippen MR) is 150 cm³/mol. The van der Waals surface area contributed by atoms with Crippen molar-refractivity contribution in [3.05, 3.63) is 65.9 Å². The molecule has 1 saturated carbocycles. The van der Waals surface area contributed by atoms with E-state index < -0.39 is 0 Å². The minimum atomic E-state index is -0.270. The topological polar surface area (TPSA) is 128 Å². The highest BCUT2D eigenvalue weighted by Gasteiger charge is 2.38. The molecule has 7 rings (SSSR count). The van der Waals surface area contributed by atoms with Crippen molar-refractivity contribution in [3.63, 3.8) is 0 Å². The lowest BCUT2D eigenvalue weighted by Crippen LogP contribution is -2.41. The summed E-state index contributed by atoms with van der Waals surface area (Å²) in [6, 6.07) is 9.58. The molecule has 0 radical (unpaired) electrons. The van der Waals surface area contributed by atoms with E-state index in [1.54, 1.807) is 31.6 Å². The molecule has 40 heavy (non-hydrogen) atoms. The predicted octanol–water partition coefficient (Wildman–Crippen LogP) is 4.38. The van der Waals surface area contributed by atoms with Crippen LogP contribution in [0.5, 0.6) is 5.75 Å². The van der Waals surface area contributed by atoms with E-state index in [2.05, 4.69) is 15.3 Å². The van der Waals surface area contributed by atoms with E-state index in [9.17, 15) is 9.59 Å². The Bertz CT molecular complexity index is 1640. The van der Waals surface area contributed by atoms with Gasteiger partial charge in [-0.25, -0.2) is 15.0 Å². The van der Waals surface area contributed by atoms with E-state index in [4.69, 9.17) is 15.5 Å². The first kappa shape index (κ1) is 24.6. The lowest BCUT2D eigenvalue weighted by molar-refractivity contribution is -0.130. The van der Waals surface area contributed by atoms with Crippen molar-refractivity contribution in [2.45, 2.75) is 56.4 Å². The Morgan fingerprint density at radius 1 is 1.05 bits per heavy atom. The van der Waals surface area contributed by atoms with Crippen LogP contribution in [0.2, 0.25) is 0 Å². The molecule has 10 nitrogen and oxygen atoms in total. The Hall–Kier alpha value is -4.47. The van der Waals surface area contributed by atoms with Gasteiger partial charge in [0.2, 0.25) is 5.91 Å². The van der Waals surface area contributed by atoms with Crippen molar-refractivity contribution in [1.82, 2.24) is 24.3 Å². The summed E-state index contributed by atoms with van der Waals surface area (Å²) < 4.78 is 7.74. The molecule has 1 aromatic carbocycles. The monoisotopic (exact) mass is 537 g/mol. The van der Waals surface area contributed by atoms with Crippen LogP contribution in [0, 0.1) is 0 Å². The van der Waals surface area contributed by atoms with Crippen molar-refractivity contribution in [1.29, 1.82) is 0 Å². The summed E-state index contributed by atoms with van der Waals surface area (Å²) in [5, 5.41) is 2.91. The van der Waals surface area contributed by atoms with Gasteiger partial charge in [0.05, 0.1) is 7.11 Å². The summed E-state index contributed by atoms with van der Waals surface area (Å²) in [6.45, 7) is 0.649. The van der Waals surface area contributed by atoms with Gasteiger partial charge in [-0.2, -0.15) is 0 Å². The molecule has 3 N–H and O–H groups in total. The molecule has 10 heteroatoms. The fraction of sp³-hybridized carbons (Fsp3) is 0.367. The molecular weight excluding hydrogens is 506 g/mol. The Morgan fingerprint density at radius 2 is 1.90 bits per heavy atom. The molecule has 0 spiro atoms. The van der Waals surface area contributed by atoms with Crippen LogP contribution in [0.25, 0.3) is 16.8 Å². The van der Waals surface area contributed by atoms with Crippen LogP contribution in [0.3, 0.4) is 0 Å². The second-order valence-corrected chi connectivity index (χ2v) is 11.0. The maximum atomic E-state index is 13.1. The lowest BCUT2D eigenvalue weighted by Gasteiger charge is -2.34. The zero-order valence-corrected chi connectivity index (χ0v) is 22.3. The smallest absolute Gasteiger partial charge is 0.256 e. The largest absolute Gasteiger partial charge is 0.496 e. The van der Waals surface area contributed by atoms with Gasteiger partial charge in [0.15, 0.2) is 0 Å². The number of imidazole rings is 1. The van der Waals surface area contributed by atoms with Gasteiger partial charge in [-0.15, -0.1) is 0 Å². The van der Waals surface area contributed by atoms with Crippen LogP contribution in [-0.4, -0.2) is 55.8 Å². The maximum Gasteiger partial charge on any atom is 0.256 e. The fourth-order valence-corrected chi connectivity index (χ4v) is 6.24. The first-order valence-corrected chi connectivity index (χ1v) is 13.9. The summed E-state index contributed by atoms with van der Waals surface area (Å²) in [5.74, 6) is 2.84. The SMILES string of the molecule is COc1cc(C(=O)Nc2cc(C3CC3)ccn2)ccc1-c1nc(C2CCC3CCC(=O)N3C2)n2ccnc(N)c12. The normalized spacial score (nSPS) is 20.5. The number of carbonyl (C=O) groups is 2. The third-order valence-corrected chi connectivity index (χ3v) is 8.49. The van der Waals surface area contributed by atoms with Crippen molar-refractivity contribution in [2.24, 2.45) is 0 Å². The third-order valence-electron chi connectivity index (χ3n) is 8.49. The molecule has 204 valence electrons. The zero-order valence-electron chi connectivity index (χ0n) is 22.3. The molecule has 3 fully saturated rings. The van der Waals surface area contributed by atoms with Gasteiger partial charge in [0.1, 0.15) is 34.4 Å². The second-order valence-electron chi connectivity index (χ2n) is 11.0. The summed E-state index contributed by atoms with van der Waals surface area (Å²) in [6.07, 6.45) is 11.1. The number of piperidine rings is 1. The Balaban J connectivity index is 1.22. The molecule has 1 aliphatic carbocycles. The number of methoxy groups -OCH3 is 1. The molecule has 2 atom stereocenters. The molecule has 0 bridgehead atoms. The minimum absolute atomic E-state index is 0.0799. The summed E-state index contributed by atoms with van der Waals surface area (Å²) >= 11 is 0. The van der Waals surface area contributed by atoms with E-state index in [1.165, 1.54) is 18.4 Å². The van der Waals surface area contributed by atoms with Crippen LogP contribution >= 0.6 is 0 Å². The summed E-state index contributed by atoms with van der Waals surface area (Å²) in [4.78, 5) is 41.4. The summed E-state index contributed by atoms with van der Waals surface area (Å²) in [5.41, 5.74) is 10.1. The van der Waals surface area contributed by atoms with Crippen LogP contribution in [-0.2, 0) is 4.79 Å². The molecule has 4 aromatic rings. The minimum Gasteiger partial charge on any atom is -0.496 e. The van der Waals surface area contributed by atoms with E-state index in [0.29, 0.717) is 64.6 Å². The van der Waals surface area contributed by atoms with Gasteiger partial charge in [0.25, 0.3) is 5.91 Å². The number of nitrogens with zero attached hydrogens (tertiary/aromatic N) is 5. The van der Waals surface area contributed by atoms with E-state index in [-0.39, 0.29) is 17.7 Å². The number of nitrogens with two attached hydrogens (primary N) is 1. The third kappa shape index (κ3) is 4.24. The molecular formula is C30H31N7O3. The number of hydrogen-bond donors (Lipinski definition) is 2. The van der Waals surface area contributed by atoms with E-state index >= 15 is 0 Å². The highest BCUT2D eigenvalue weighted by atomic mass is 16.5. The number of nitrogen functional groups attached to an aromatic ring is 1. The van der Waals surface area contributed by atoms with Gasteiger partial charge in [-0.05, 0) is 73.9 Å². The number of carbonyl (C=O) groups excluding carboxylic acids is 2. The van der Waals surface area contributed by atoms with Gasteiger partial charge in [-0.3, -0.25) is 14.0 Å². The highest BCUT2D eigenvalue weighted by Crippen LogP contribution is 2.41. The van der Waals surface area contributed by atoms with Gasteiger partial charge < -0.3 is 20.7 Å². The maximum absolute atomic E-state index is 13.1. The van der Waals surface area contributed by atoms with Crippen molar-refractivity contribution < 1.29 is 14.3 Å². The average molecular weight is 538 g/mol. The van der Waals surface area contributed by atoms with Crippen molar-refractivity contribution in [3.8, 4) is 17.0 Å². The molecule has 2 unspecified atom stereocenters. The van der Waals surface area contributed by atoms with Crippen LogP contribution in [0.1, 0.15) is 72.1 Å². The zero-order chi connectivity index (χ0) is 27.4. The van der Waals surface area contributed by atoms with Gasteiger partial charge in [-0.1, -0.05) is 0 Å². The van der Waals surface area contributed by atoms with Gasteiger partial charge >= 0.3 is 0 Å². The number of hydrogen-bond acceptors (Lipinski definition) is 7. The summed E-state index contributed by atoms with van der Waals surface area (Å²) in [7, 11) is 1.57. The molecule has 2 aliphatic heterocycles. The molecule has 2 amide bonds. The van der Waals surface area contributed by atoms with Crippen molar-refractivity contribution in [2.75, 3.05) is 24.7 Å². The second kappa shape index (κ2) is 9.62. The Labute approximate surface area is 231 Å². The van der Waals surface area contributed by atoms with E-state index in [0.717, 1.165) is 25.1 Å². The number of amides is 2. The number of rotatable bonds is 6.